The highest BCUT2D eigenvalue weighted by molar-refractivity contribution is 6.48. The van der Waals surface area contributed by atoms with E-state index in [2.05, 4.69) is 0 Å². The van der Waals surface area contributed by atoms with E-state index in [0.717, 1.165) is 0 Å². The Hall–Kier alpha value is -1.55. The lowest BCUT2D eigenvalue weighted by Gasteiger charge is -2.28. The Morgan fingerprint density at radius 2 is 1.64 bits per heavy atom. The van der Waals surface area contributed by atoms with Crippen LogP contribution in [0.2, 0.25) is 0 Å². The summed E-state index contributed by atoms with van der Waals surface area (Å²) < 4.78 is 12.5. The Morgan fingerprint density at radius 1 is 1.07 bits per heavy atom. The average Bonchev–Trinajstić information content (AvgIpc) is 2.21. The maximum absolute atomic E-state index is 12.5. The van der Waals surface area contributed by atoms with Gasteiger partial charge in [0.1, 0.15) is 11.9 Å². The molecule has 1 aliphatic carbocycles. The summed E-state index contributed by atoms with van der Waals surface area (Å²) in [4.78, 5) is 21.8. The van der Waals surface area contributed by atoms with Crippen molar-refractivity contribution in [2.45, 2.75) is 12.0 Å². The van der Waals surface area contributed by atoms with E-state index >= 15 is 0 Å². The minimum Gasteiger partial charge on any atom is -0.384 e. The zero-order valence-corrected chi connectivity index (χ0v) is 7.11. The molecule has 1 aliphatic rings. The fourth-order valence-electron chi connectivity index (χ4n) is 1.50. The summed E-state index contributed by atoms with van der Waals surface area (Å²) in [6.07, 6.45) is -1.26. The number of hydrogen-bond acceptors (Lipinski definition) is 3. The lowest BCUT2D eigenvalue weighted by molar-refractivity contribution is -0.154. The van der Waals surface area contributed by atoms with Crippen LogP contribution in [0.3, 0.4) is 0 Å². The predicted octanol–water partition coefficient (Wildman–Crippen LogP) is 0.422. The molecule has 1 fully saturated rings. The topological polar surface area (TPSA) is 54.4 Å². The van der Waals surface area contributed by atoms with Crippen LogP contribution in [-0.4, -0.2) is 22.8 Å². The molecule has 1 N–H and O–H groups in total. The Labute approximate surface area is 79.2 Å². The Balaban J connectivity index is 2.29. The summed E-state index contributed by atoms with van der Waals surface area (Å²) in [5.74, 6) is -2.59. The van der Waals surface area contributed by atoms with Crippen LogP contribution in [0.15, 0.2) is 24.3 Å². The standard InChI is InChI=1S/C10H7FO3/c11-6-3-1-5(2-4-6)7-8(12)10(14)9(7)13/h1-4,7-8,12H. The largest absolute Gasteiger partial charge is 0.384 e. The highest BCUT2D eigenvalue weighted by atomic mass is 19.1. The average molecular weight is 194 g/mol. The number of ketones is 2. The van der Waals surface area contributed by atoms with Crippen LogP contribution in [0.4, 0.5) is 4.39 Å². The molecule has 0 spiro atoms. The second-order valence-corrected chi connectivity index (χ2v) is 3.20. The van der Waals surface area contributed by atoms with Gasteiger partial charge in [0.25, 0.3) is 0 Å². The minimum absolute atomic E-state index is 0.415. The zero-order valence-electron chi connectivity index (χ0n) is 7.11. The van der Waals surface area contributed by atoms with Gasteiger partial charge < -0.3 is 5.11 Å². The second-order valence-electron chi connectivity index (χ2n) is 3.20. The van der Waals surface area contributed by atoms with Crippen molar-refractivity contribution in [2.75, 3.05) is 0 Å². The van der Waals surface area contributed by atoms with E-state index in [1.54, 1.807) is 0 Å². The van der Waals surface area contributed by atoms with Gasteiger partial charge in [-0.1, -0.05) is 12.1 Å². The molecular formula is C10H7FO3. The third-order valence-electron chi connectivity index (χ3n) is 2.34. The Morgan fingerprint density at radius 3 is 2.14 bits per heavy atom. The quantitative estimate of drug-likeness (QED) is 0.659. The van der Waals surface area contributed by atoms with Crippen molar-refractivity contribution in [3.63, 3.8) is 0 Å². The Bertz CT molecular complexity index is 396. The smallest absolute Gasteiger partial charge is 0.228 e. The summed E-state index contributed by atoms with van der Waals surface area (Å²) in [6, 6.07) is 5.18. The van der Waals surface area contributed by atoms with E-state index in [1.165, 1.54) is 24.3 Å². The predicted molar refractivity (Wildman–Crippen MR) is 45.2 cm³/mol. The first-order valence-corrected chi connectivity index (χ1v) is 4.13. The molecule has 0 saturated heterocycles. The SMILES string of the molecule is O=C1C(=O)C(c2ccc(F)cc2)C1O. The third kappa shape index (κ3) is 1.15. The number of aliphatic hydroxyl groups excluding tert-OH is 1. The Kier molecular flexibility index (Phi) is 1.93. The van der Waals surface area contributed by atoms with E-state index in [9.17, 15) is 19.1 Å². The number of rotatable bonds is 1. The van der Waals surface area contributed by atoms with Crippen molar-refractivity contribution in [3.8, 4) is 0 Å². The lowest BCUT2D eigenvalue weighted by Crippen LogP contribution is -2.50. The molecule has 1 aromatic carbocycles. The van der Waals surface area contributed by atoms with E-state index in [1.807, 2.05) is 0 Å². The fraction of sp³-hybridized carbons (Fsp3) is 0.200. The van der Waals surface area contributed by atoms with Crippen molar-refractivity contribution < 1.29 is 19.1 Å². The molecule has 3 nitrogen and oxygen atoms in total. The van der Waals surface area contributed by atoms with Crippen molar-refractivity contribution in [1.82, 2.24) is 0 Å². The van der Waals surface area contributed by atoms with Crippen LogP contribution in [0.25, 0.3) is 0 Å². The van der Waals surface area contributed by atoms with E-state index in [0.29, 0.717) is 5.56 Å². The van der Waals surface area contributed by atoms with Gasteiger partial charge in [-0.15, -0.1) is 0 Å². The summed E-state index contributed by atoms with van der Waals surface area (Å²) in [6.45, 7) is 0. The van der Waals surface area contributed by atoms with Crippen molar-refractivity contribution in [3.05, 3.63) is 35.6 Å². The number of aliphatic hydroxyl groups is 1. The number of benzene rings is 1. The van der Waals surface area contributed by atoms with E-state index in [-0.39, 0.29) is 0 Å². The van der Waals surface area contributed by atoms with Gasteiger partial charge in [-0.25, -0.2) is 4.39 Å². The first kappa shape index (κ1) is 9.02. The number of Topliss-reactive ketones (excluding diaryl/α,β-unsaturated/α-hetero) is 2. The molecule has 2 atom stereocenters. The molecule has 72 valence electrons. The van der Waals surface area contributed by atoms with Crippen molar-refractivity contribution in [1.29, 1.82) is 0 Å². The summed E-state index contributed by atoms with van der Waals surface area (Å²) in [5, 5.41) is 9.21. The number of carbonyl (C=O) groups is 2. The molecule has 0 amide bonds. The van der Waals surface area contributed by atoms with Crippen LogP contribution >= 0.6 is 0 Å². The van der Waals surface area contributed by atoms with Crippen LogP contribution in [0, 0.1) is 5.82 Å². The van der Waals surface area contributed by atoms with Gasteiger partial charge in [0, 0.05) is 0 Å². The van der Waals surface area contributed by atoms with E-state index in [4.69, 9.17) is 0 Å². The molecule has 0 aliphatic heterocycles. The second kappa shape index (κ2) is 2.99. The van der Waals surface area contributed by atoms with Gasteiger partial charge in [-0.05, 0) is 17.7 Å². The molecule has 0 heterocycles. The van der Waals surface area contributed by atoms with Crippen LogP contribution in [0.5, 0.6) is 0 Å². The summed E-state index contributed by atoms with van der Waals surface area (Å²) in [7, 11) is 0. The van der Waals surface area contributed by atoms with Gasteiger partial charge >= 0.3 is 0 Å². The maximum atomic E-state index is 12.5. The van der Waals surface area contributed by atoms with E-state index < -0.39 is 29.4 Å². The molecule has 4 heteroatoms. The monoisotopic (exact) mass is 194 g/mol. The van der Waals surface area contributed by atoms with Crippen LogP contribution in [0.1, 0.15) is 11.5 Å². The molecule has 0 bridgehead atoms. The molecule has 0 aromatic heterocycles. The van der Waals surface area contributed by atoms with Crippen LogP contribution in [-0.2, 0) is 9.59 Å². The van der Waals surface area contributed by atoms with Gasteiger partial charge in [0.2, 0.25) is 11.6 Å². The van der Waals surface area contributed by atoms with Gasteiger partial charge in [0.05, 0.1) is 5.92 Å². The minimum atomic E-state index is -1.26. The van der Waals surface area contributed by atoms with Crippen LogP contribution < -0.4 is 0 Å². The van der Waals surface area contributed by atoms with Gasteiger partial charge in [-0.2, -0.15) is 0 Å². The number of carbonyl (C=O) groups excluding carboxylic acids is 2. The first-order valence-electron chi connectivity index (χ1n) is 4.13. The lowest BCUT2D eigenvalue weighted by atomic mass is 9.75. The van der Waals surface area contributed by atoms with Crippen molar-refractivity contribution in [2.24, 2.45) is 0 Å². The summed E-state index contributed by atoms with van der Waals surface area (Å²) >= 11 is 0. The normalized spacial score (nSPS) is 26.1. The molecular weight excluding hydrogens is 187 g/mol. The molecule has 2 rings (SSSR count). The molecule has 2 unspecified atom stereocenters. The number of hydrogen-bond donors (Lipinski definition) is 1. The zero-order chi connectivity index (χ0) is 10.3. The molecule has 0 radical (unpaired) electrons. The third-order valence-corrected chi connectivity index (χ3v) is 2.34. The molecule has 1 saturated carbocycles. The first-order chi connectivity index (χ1) is 6.61. The molecule has 1 aromatic rings. The fourth-order valence-corrected chi connectivity index (χ4v) is 1.50. The number of halogens is 1. The highest BCUT2D eigenvalue weighted by Gasteiger charge is 2.48. The molecule has 14 heavy (non-hydrogen) atoms. The van der Waals surface area contributed by atoms with Crippen molar-refractivity contribution >= 4 is 11.6 Å². The van der Waals surface area contributed by atoms with Gasteiger partial charge in [0.15, 0.2) is 0 Å². The maximum Gasteiger partial charge on any atom is 0.228 e. The summed E-state index contributed by atoms with van der Waals surface area (Å²) in [5.41, 5.74) is 0.475. The highest BCUT2D eigenvalue weighted by Crippen LogP contribution is 2.30. The van der Waals surface area contributed by atoms with Gasteiger partial charge in [-0.3, -0.25) is 9.59 Å².